The largest absolute Gasteiger partial charge is 0.457 e. The smallest absolute Gasteiger partial charge is 0.316 e. The normalized spacial score (nSPS) is 16.9. The van der Waals surface area contributed by atoms with Gasteiger partial charge in [0.1, 0.15) is 0 Å². The highest BCUT2D eigenvalue weighted by Gasteiger charge is 2.32. The summed E-state index contributed by atoms with van der Waals surface area (Å²) in [5, 5.41) is 0. The van der Waals surface area contributed by atoms with Gasteiger partial charge >= 0.3 is 5.97 Å². The molecule has 1 saturated heterocycles. The van der Waals surface area contributed by atoms with Gasteiger partial charge in [-0.1, -0.05) is 30.3 Å². The molecule has 1 unspecified atom stereocenters. The molecule has 1 aromatic heterocycles. The van der Waals surface area contributed by atoms with Crippen LogP contribution < -0.4 is 0 Å². The van der Waals surface area contributed by atoms with Crippen LogP contribution >= 0.6 is 0 Å². The lowest BCUT2D eigenvalue weighted by Crippen LogP contribution is -2.32. The van der Waals surface area contributed by atoms with Gasteiger partial charge in [0, 0.05) is 30.1 Å². The molecule has 0 bridgehead atoms. The van der Waals surface area contributed by atoms with Crippen LogP contribution in [0.25, 0.3) is 0 Å². The summed E-state index contributed by atoms with van der Waals surface area (Å²) >= 11 is 0. The number of aryl methyl sites for hydroxylation is 1. The standard InChI is InChI=1S/C23H29NO4/c1-16-13-20(17(2)24(16)14-19-11-8-12-27-19)21(25)15-28-22(26)23(3,4)18-9-6-5-7-10-18/h5-7,9-10,13,19H,8,11-12,14-15H2,1-4H3. The molecule has 1 fully saturated rings. The zero-order valence-electron chi connectivity index (χ0n) is 17.2. The minimum Gasteiger partial charge on any atom is -0.457 e. The van der Waals surface area contributed by atoms with Crippen LogP contribution in [0, 0.1) is 13.8 Å². The number of hydrogen-bond donors (Lipinski definition) is 0. The number of carbonyl (C=O) groups is 2. The van der Waals surface area contributed by atoms with Crippen molar-refractivity contribution in [3.05, 3.63) is 58.9 Å². The SMILES string of the molecule is Cc1cc(C(=O)COC(=O)C(C)(C)c2ccccc2)c(C)n1CC1CCCO1. The average molecular weight is 383 g/mol. The lowest BCUT2D eigenvalue weighted by atomic mass is 9.85. The number of ketones is 1. The molecule has 28 heavy (non-hydrogen) atoms. The van der Waals surface area contributed by atoms with Crippen molar-refractivity contribution >= 4 is 11.8 Å². The molecule has 2 aromatic rings. The number of ether oxygens (including phenoxy) is 2. The predicted octanol–water partition coefficient (Wildman–Crippen LogP) is 3.99. The van der Waals surface area contributed by atoms with E-state index in [1.807, 2.05) is 64.1 Å². The zero-order chi connectivity index (χ0) is 20.3. The minimum atomic E-state index is -0.807. The van der Waals surface area contributed by atoms with Crippen molar-refractivity contribution in [1.82, 2.24) is 4.57 Å². The maximum absolute atomic E-state index is 12.7. The van der Waals surface area contributed by atoms with Crippen LogP contribution in [0.3, 0.4) is 0 Å². The van der Waals surface area contributed by atoms with E-state index in [4.69, 9.17) is 9.47 Å². The second-order valence-corrected chi connectivity index (χ2v) is 8.02. The first-order valence-corrected chi connectivity index (χ1v) is 9.85. The Labute approximate surface area is 166 Å². The topological polar surface area (TPSA) is 57.5 Å². The van der Waals surface area contributed by atoms with Gasteiger partial charge < -0.3 is 14.0 Å². The average Bonchev–Trinajstić information content (AvgIpc) is 3.30. The van der Waals surface area contributed by atoms with Gasteiger partial charge in [0.2, 0.25) is 5.78 Å². The van der Waals surface area contributed by atoms with Crippen LogP contribution in [0.2, 0.25) is 0 Å². The Kier molecular flexibility index (Phi) is 6.04. The molecule has 1 atom stereocenters. The van der Waals surface area contributed by atoms with E-state index in [0.29, 0.717) is 5.56 Å². The van der Waals surface area contributed by atoms with Crippen LogP contribution in [-0.2, 0) is 26.2 Å². The first-order chi connectivity index (χ1) is 13.3. The van der Waals surface area contributed by atoms with Crippen LogP contribution in [-0.4, -0.2) is 35.6 Å². The number of nitrogens with zero attached hydrogens (tertiary/aromatic N) is 1. The molecule has 1 aromatic carbocycles. The summed E-state index contributed by atoms with van der Waals surface area (Å²) in [6, 6.07) is 11.3. The molecule has 2 heterocycles. The van der Waals surface area contributed by atoms with Gasteiger partial charge in [0.25, 0.3) is 0 Å². The van der Waals surface area contributed by atoms with Crippen molar-refractivity contribution in [2.45, 2.75) is 58.6 Å². The predicted molar refractivity (Wildman–Crippen MR) is 108 cm³/mol. The van der Waals surface area contributed by atoms with Gasteiger partial charge in [0.15, 0.2) is 6.61 Å². The molecule has 0 spiro atoms. The van der Waals surface area contributed by atoms with Crippen LogP contribution in [0.15, 0.2) is 36.4 Å². The number of hydrogen-bond acceptors (Lipinski definition) is 4. The number of esters is 1. The maximum atomic E-state index is 12.7. The van der Waals surface area contributed by atoms with Gasteiger partial charge in [-0.2, -0.15) is 0 Å². The monoisotopic (exact) mass is 383 g/mol. The second-order valence-electron chi connectivity index (χ2n) is 8.02. The van der Waals surface area contributed by atoms with Crippen LogP contribution in [0.1, 0.15) is 54.0 Å². The molecule has 150 valence electrons. The fourth-order valence-corrected chi connectivity index (χ4v) is 3.72. The fourth-order valence-electron chi connectivity index (χ4n) is 3.72. The number of rotatable bonds is 7. The molecule has 0 N–H and O–H groups in total. The maximum Gasteiger partial charge on any atom is 0.316 e. The lowest BCUT2D eigenvalue weighted by molar-refractivity contribution is -0.148. The van der Waals surface area contributed by atoms with E-state index in [2.05, 4.69) is 4.57 Å². The summed E-state index contributed by atoms with van der Waals surface area (Å²) in [5.41, 5.74) is 2.59. The quantitative estimate of drug-likeness (QED) is 0.536. The van der Waals surface area contributed by atoms with Crippen LogP contribution in [0.5, 0.6) is 0 Å². The molecule has 0 saturated carbocycles. The molecule has 3 rings (SSSR count). The van der Waals surface area contributed by atoms with E-state index >= 15 is 0 Å². The first-order valence-electron chi connectivity index (χ1n) is 9.85. The van der Waals surface area contributed by atoms with Crippen molar-refractivity contribution in [3.8, 4) is 0 Å². The molecule has 1 aliphatic heterocycles. The molecule has 5 heteroatoms. The summed E-state index contributed by atoms with van der Waals surface area (Å²) < 4.78 is 13.2. The lowest BCUT2D eigenvalue weighted by Gasteiger charge is -2.22. The summed E-state index contributed by atoms with van der Waals surface area (Å²) in [5.74, 6) is -0.580. The van der Waals surface area contributed by atoms with Gasteiger partial charge in [-0.15, -0.1) is 0 Å². The van der Waals surface area contributed by atoms with Crippen LogP contribution in [0.4, 0.5) is 0 Å². The number of benzene rings is 1. The van der Waals surface area contributed by atoms with E-state index in [1.54, 1.807) is 0 Å². The van der Waals surface area contributed by atoms with E-state index in [1.165, 1.54) is 0 Å². The summed E-state index contributed by atoms with van der Waals surface area (Å²) in [6.07, 6.45) is 2.34. The molecule has 0 radical (unpaired) electrons. The summed E-state index contributed by atoms with van der Waals surface area (Å²) in [6.45, 7) is 8.85. The second kappa shape index (κ2) is 8.31. The minimum absolute atomic E-state index is 0.177. The van der Waals surface area contributed by atoms with Crippen molar-refractivity contribution in [2.24, 2.45) is 0 Å². The fraction of sp³-hybridized carbons (Fsp3) is 0.478. The van der Waals surface area contributed by atoms with E-state index < -0.39 is 11.4 Å². The third-order valence-electron chi connectivity index (χ3n) is 5.62. The Balaban J connectivity index is 1.65. The number of carbonyl (C=O) groups excluding carboxylic acids is 2. The Morgan fingerprint density at radius 1 is 1.21 bits per heavy atom. The van der Waals surface area contributed by atoms with E-state index in [0.717, 1.165) is 42.9 Å². The Morgan fingerprint density at radius 3 is 2.57 bits per heavy atom. The highest BCUT2D eigenvalue weighted by atomic mass is 16.5. The third-order valence-corrected chi connectivity index (χ3v) is 5.62. The molecular weight excluding hydrogens is 354 g/mol. The van der Waals surface area contributed by atoms with Gasteiger partial charge in [0.05, 0.1) is 11.5 Å². The van der Waals surface area contributed by atoms with Crippen molar-refractivity contribution in [3.63, 3.8) is 0 Å². The number of aromatic nitrogens is 1. The summed E-state index contributed by atoms with van der Waals surface area (Å²) in [7, 11) is 0. The molecule has 1 aliphatic rings. The van der Waals surface area contributed by atoms with Gasteiger partial charge in [-0.25, -0.2) is 0 Å². The molecule has 5 nitrogen and oxygen atoms in total. The Hall–Kier alpha value is -2.40. The van der Waals surface area contributed by atoms with Gasteiger partial charge in [-0.3, -0.25) is 9.59 Å². The third kappa shape index (κ3) is 4.20. The zero-order valence-corrected chi connectivity index (χ0v) is 17.2. The number of Topliss-reactive ketones (excluding diaryl/α,β-unsaturated/α-hetero) is 1. The molecule has 0 amide bonds. The first kappa shape index (κ1) is 20.3. The highest BCUT2D eigenvalue weighted by Crippen LogP contribution is 2.25. The van der Waals surface area contributed by atoms with Crippen molar-refractivity contribution < 1.29 is 19.1 Å². The Morgan fingerprint density at radius 2 is 1.93 bits per heavy atom. The highest BCUT2D eigenvalue weighted by molar-refractivity contribution is 5.99. The van der Waals surface area contributed by atoms with Gasteiger partial charge in [-0.05, 0) is 52.2 Å². The van der Waals surface area contributed by atoms with E-state index in [-0.39, 0.29) is 18.5 Å². The Bertz CT molecular complexity index is 845. The molecule has 0 aliphatic carbocycles. The van der Waals surface area contributed by atoms with Crippen molar-refractivity contribution in [1.29, 1.82) is 0 Å². The molecular formula is C23H29NO4. The summed E-state index contributed by atoms with van der Waals surface area (Å²) in [4.78, 5) is 25.3. The van der Waals surface area contributed by atoms with Crippen molar-refractivity contribution in [2.75, 3.05) is 13.2 Å². The van der Waals surface area contributed by atoms with E-state index in [9.17, 15) is 9.59 Å².